The first kappa shape index (κ1) is 43.9. The number of ether oxygens (including phenoxy) is 2. The third kappa shape index (κ3) is 8.55. The van der Waals surface area contributed by atoms with Crippen LogP contribution in [-0.2, 0) is 19.1 Å². The van der Waals surface area contributed by atoms with Crippen LogP contribution in [0.3, 0.4) is 0 Å². The predicted octanol–water partition coefficient (Wildman–Crippen LogP) is 4.86. The summed E-state index contributed by atoms with van der Waals surface area (Å²) in [7, 11) is 2.63. The minimum atomic E-state index is -3.64. The highest BCUT2D eigenvalue weighted by Gasteiger charge is 2.49. The SMILES string of the molecule is COc1cc(C(=O)NC2CCC(OC3CCN(c4ccc5c(c4)C(=O)N(C4CCC(=O)NC4=O)C5=O)CC3)CC2)c(F)cc1Nc1ncc2c(n1)N(C1CCCC1)CC(F)(F)C(=O)N2C. The smallest absolute Gasteiger partial charge is 0.342 e. The van der Waals surface area contributed by atoms with Crippen molar-refractivity contribution in [2.45, 2.75) is 113 Å². The topological polar surface area (TPSA) is 196 Å². The van der Waals surface area contributed by atoms with Crippen molar-refractivity contribution in [2.24, 2.45) is 0 Å². The molecule has 6 amide bonds. The Bertz CT molecular complexity index is 2430. The third-order valence-corrected chi connectivity index (χ3v) is 13.5. The molecule has 1 atom stereocenters. The lowest BCUT2D eigenvalue weighted by Gasteiger charge is -2.37. The van der Waals surface area contributed by atoms with E-state index in [1.807, 2.05) is 0 Å². The fourth-order valence-corrected chi connectivity index (χ4v) is 10.0. The third-order valence-electron chi connectivity index (χ3n) is 13.5. The molecular weight excluding hydrogens is 852 g/mol. The lowest BCUT2D eigenvalue weighted by atomic mass is 9.92. The Kier molecular flexibility index (Phi) is 11.9. The summed E-state index contributed by atoms with van der Waals surface area (Å²) >= 11 is 0. The van der Waals surface area contributed by atoms with E-state index in [9.17, 15) is 28.8 Å². The molecular formula is C45H50F3N9O8. The van der Waals surface area contributed by atoms with E-state index in [0.29, 0.717) is 51.6 Å². The van der Waals surface area contributed by atoms with Crippen molar-refractivity contribution in [1.82, 2.24) is 25.5 Å². The van der Waals surface area contributed by atoms with Crippen molar-refractivity contribution < 1.29 is 51.4 Å². The van der Waals surface area contributed by atoms with Crippen LogP contribution in [0.2, 0.25) is 0 Å². The summed E-state index contributed by atoms with van der Waals surface area (Å²) in [6.07, 6.45) is 8.65. The van der Waals surface area contributed by atoms with Gasteiger partial charge in [-0.05, 0) is 82.1 Å². The van der Waals surface area contributed by atoms with E-state index >= 15 is 13.2 Å². The predicted molar refractivity (Wildman–Crippen MR) is 229 cm³/mol. The first-order valence-corrected chi connectivity index (χ1v) is 22.2. The number of aromatic nitrogens is 2. The summed E-state index contributed by atoms with van der Waals surface area (Å²) in [5.74, 6) is -8.33. The molecule has 3 aromatic rings. The largest absolute Gasteiger partial charge is 0.495 e. The first-order chi connectivity index (χ1) is 31.2. The average Bonchev–Trinajstić information content (AvgIpc) is 3.90. The van der Waals surface area contributed by atoms with Gasteiger partial charge in [0.2, 0.25) is 17.8 Å². The van der Waals surface area contributed by atoms with Gasteiger partial charge < -0.3 is 34.8 Å². The molecule has 3 N–H and O–H groups in total. The molecule has 0 radical (unpaired) electrons. The monoisotopic (exact) mass is 901 g/mol. The number of nitrogens with one attached hydrogen (secondary N) is 3. The van der Waals surface area contributed by atoms with Crippen LogP contribution >= 0.6 is 0 Å². The van der Waals surface area contributed by atoms with Crippen LogP contribution < -0.4 is 35.4 Å². The van der Waals surface area contributed by atoms with Gasteiger partial charge in [0.05, 0.1) is 54.4 Å². The number of rotatable bonds is 10. The maximum atomic E-state index is 15.7. The molecule has 1 unspecified atom stereocenters. The highest BCUT2D eigenvalue weighted by Crippen LogP contribution is 2.41. The molecule has 4 aliphatic heterocycles. The van der Waals surface area contributed by atoms with Crippen LogP contribution in [0.1, 0.15) is 108 Å². The van der Waals surface area contributed by atoms with Crippen LogP contribution in [-0.4, -0.2) is 120 Å². The highest BCUT2D eigenvalue weighted by molar-refractivity contribution is 6.23. The minimum absolute atomic E-state index is 0.00876. The Hall–Kier alpha value is -6.31. The lowest BCUT2D eigenvalue weighted by Crippen LogP contribution is -2.54. The van der Waals surface area contributed by atoms with Gasteiger partial charge in [-0.15, -0.1) is 0 Å². The quantitative estimate of drug-likeness (QED) is 0.234. The van der Waals surface area contributed by atoms with Crippen molar-refractivity contribution in [3.05, 3.63) is 59.0 Å². The number of fused-ring (bicyclic) bond motifs is 2. The molecule has 1 aromatic heterocycles. The molecule has 5 heterocycles. The van der Waals surface area contributed by atoms with E-state index in [0.717, 1.165) is 47.2 Å². The molecule has 9 rings (SSSR count). The fourth-order valence-electron chi connectivity index (χ4n) is 10.0. The molecule has 2 aliphatic carbocycles. The molecule has 6 aliphatic rings. The number of halogens is 3. The second-order valence-corrected chi connectivity index (χ2v) is 17.6. The molecule has 2 aromatic carbocycles. The van der Waals surface area contributed by atoms with Gasteiger partial charge in [-0.25, -0.2) is 9.37 Å². The van der Waals surface area contributed by atoms with Crippen LogP contribution in [0, 0.1) is 5.82 Å². The number of carbonyl (C=O) groups excluding carboxylic acids is 6. The van der Waals surface area contributed by atoms with Gasteiger partial charge >= 0.3 is 5.92 Å². The molecule has 65 heavy (non-hydrogen) atoms. The Morgan fingerprint density at radius 2 is 1.60 bits per heavy atom. The number of nitrogens with zero attached hydrogens (tertiary/aromatic N) is 6. The molecule has 17 nitrogen and oxygen atoms in total. The van der Waals surface area contributed by atoms with Crippen molar-refractivity contribution in [2.75, 3.05) is 53.8 Å². The Balaban J connectivity index is 0.771. The van der Waals surface area contributed by atoms with Gasteiger partial charge in [0.15, 0.2) is 5.82 Å². The Morgan fingerprint density at radius 3 is 2.31 bits per heavy atom. The Labute approximate surface area is 372 Å². The summed E-state index contributed by atoms with van der Waals surface area (Å²) in [5, 5.41) is 8.09. The molecule has 344 valence electrons. The van der Waals surface area contributed by atoms with Crippen molar-refractivity contribution in [3.8, 4) is 5.75 Å². The van der Waals surface area contributed by atoms with Gasteiger partial charge in [-0.3, -0.25) is 39.0 Å². The summed E-state index contributed by atoms with van der Waals surface area (Å²) in [4.78, 5) is 90.9. The number of methoxy groups -OCH3 is 1. The maximum absolute atomic E-state index is 15.7. The molecule has 2 saturated carbocycles. The number of piperidine rings is 2. The molecule has 4 fully saturated rings. The zero-order chi connectivity index (χ0) is 45.7. The number of alkyl halides is 2. The van der Waals surface area contributed by atoms with Crippen molar-refractivity contribution >= 4 is 64.3 Å². The van der Waals surface area contributed by atoms with Gasteiger partial charge in [0.25, 0.3) is 23.6 Å². The second kappa shape index (κ2) is 17.6. The van der Waals surface area contributed by atoms with Crippen LogP contribution in [0.25, 0.3) is 0 Å². The summed E-state index contributed by atoms with van der Waals surface area (Å²) in [6, 6.07) is 6.03. The van der Waals surface area contributed by atoms with Gasteiger partial charge in [-0.1, -0.05) is 12.8 Å². The Morgan fingerprint density at radius 1 is 0.892 bits per heavy atom. The zero-order valence-electron chi connectivity index (χ0n) is 36.0. The maximum Gasteiger partial charge on any atom is 0.342 e. The standard InChI is InChI=1S/C45H50F3N9O8/c1-54-35-22-49-44(53-38(35)56(25-5-3-4-6-25)23-45(47,48)43(54)63)51-33-21-32(46)31(20-36(33)64-2)39(59)50-24-7-10-27(11-8-24)65-28-15-17-55(18-16-28)26-9-12-29-30(19-26)42(62)57(41(29)61)34-13-14-37(58)52-40(34)60/h9,12,19-22,24-25,27-28,34H,3-8,10-11,13-18,23H2,1-2H3,(H,50,59)(H,49,51,53)(H,52,58,60). The fraction of sp³-hybridized carbons (Fsp3) is 0.511. The minimum Gasteiger partial charge on any atom is -0.495 e. The first-order valence-electron chi connectivity index (χ1n) is 22.2. The van der Waals surface area contributed by atoms with Crippen LogP contribution in [0.5, 0.6) is 5.75 Å². The number of benzene rings is 2. The van der Waals surface area contributed by atoms with E-state index in [1.54, 1.807) is 18.2 Å². The lowest BCUT2D eigenvalue weighted by molar-refractivity contribution is -0.140. The van der Waals surface area contributed by atoms with Gasteiger partial charge in [-0.2, -0.15) is 13.8 Å². The molecule has 20 heteroatoms. The highest BCUT2D eigenvalue weighted by atomic mass is 19.3. The number of anilines is 5. The summed E-state index contributed by atoms with van der Waals surface area (Å²) in [5.41, 5.74) is 1.28. The van der Waals surface area contributed by atoms with E-state index in [-0.39, 0.29) is 82.7 Å². The molecule has 0 bridgehead atoms. The van der Waals surface area contributed by atoms with E-state index in [1.165, 1.54) is 31.3 Å². The molecule has 2 saturated heterocycles. The number of hydrogen-bond donors (Lipinski definition) is 3. The van der Waals surface area contributed by atoms with Crippen LogP contribution in [0.4, 0.5) is 42.0 Å². The average molecular weight is 902 g/mol. The number of amides is 6. The summed E-state index contributed by atoms with van der Waals surface area (Å²) in [6.45, 7) is 0.503. The summed E-state index contributed by atoms with van der Waals surface area (Å²) < 4.78 is 57.8. The number of carbonyl (C=O) groups is 6. The second-order valence-electron chi connectivity index (χ2n) is 17.6. The normalized spacial score (nSPS) is 23.9. The number of hydrogen-bond acceptors (Lipinski definition) is 13. The van der Waals surface area contributed by atoms with Crippen LogP contribution in [0.15, 0.2) is 36.5 Å². The van der Waals surface area contributed by atoms with Gasteiger partial charge in [0.1, 0.15) is 23.3 Å². The van der Waals surface area contributed by atoms with E-state index < -0.39 is 59.8 Å². The number of imide groups is 2. The van der Waals surface area contributed by atoms with E-state index in [4.69, 9.17) is 9.47 Å². The molecule has 0 spiro atoms. The van der Waals surface area contributed by atoms with Crippen molar-refractivity contribution in [3.63, 3.8) is 0 Å². The van der Waals surface area contributed by atoms with Crippen molar-refractivity contribution in [1.29, 1.82) is 0 Å². The zero-order valence-corrected chi connectivity index (χ0v) is 36.0. The van der Waals surface area contributed by atoms with Gasteiger partial charge in [0, 0.05) is 50.4 Å². The van der Waals surface area contributed by atoms with E-state index in [2.05, 4.69) is 30.8 Å².